The van der Waals surface area contributed by atoms with Gasteiger partial charge in [-0.05, 0) is 116 Å². The largest absolute Gasteiger partial charge is 0.462 e. The van der Waals surface area contributed by atoms with Crippen LogP contribution in [0, 0.1) is 0 Å². The highest BCUT2D eigenvalue weighted by Gasteiger charge is 2.19. The Morgan fingerprint density at radius 3 is 0.968 bits per heavy atom. The van der Waals surface area contributed by atoms with Crippen molar-refractivity contribution in [3.63, 3.8) is 0 Å². The molecule has 0 rings (SSSR count). The molecule has 0 unspecified atom stereocenters. The minimum atomic E-state index is -0.797. The van der Waals surface area contributed by atoms with Crippen molar-refractivity contribution >= 4 is 17.9 Å². The first-order chi connectivity index (χ1) is 31.0. The fourth-order valence-electron chi connectivity index (χ4n) is 6.93. The van der Waals surface area contributed by atoms with Crippen LogP contribution in [0.3, 0.4) is 0 Å². The van der Waals surface area contributed by atoms with Gasteiger partial charge in [0.15, 0.2) is 6.10 Å². The Hall–Kier alpha value is -3.41. The molecule has 0 aliphatic carbocycles. The highest BCUT2D eigenvalue weighted by molar-refractivity contribution is 5.71. The number of carbonyl (C=O) groups is 3. The van der Waals surface area contributed by atoms with E-state index >= 15 is 0 Å². The quantitative estimate of drug-likeness (QED) is 0.0262. The molecule has 1 atom stereocenters. The Labute approximate surface area is 388 Å². The van der Waals surface area contributed by atoms with Gasteiger partial charge in [0.2, 0.25) is 0 Å². The van der Waals surface area contributed by atoms with E-state index in [1.807, 2.05) is 0 Å². The lowest BCUT2D eigenvalue weighted by atomic mass is 10.1. The van der Waals surface area contributed by atoms with Gasteiger partial charge in [-0.25, -0.2) is 0 Å². The second kappa shape index (κ2) is 51.2. The van der Waals surface area contributed by atoms with Crippen LogP contribution in [-0.4, -0.2) is 37.2 Å². The van der Waals surface area contributed by atoms with E-state index in [1.54, 1.807) is 0 Å². The highest BCUT2D eigenvalue weighted by atomic mass is 16.6. The summed E-state index contributed by atoms with van der Waals surface area (Å²) in [6.45, 7) is 6.43. The Kier molecular flexibility index (Phi) is 48.5. The molecule has 6 nitrogen and oxygen atoms in total. The monoisotopic (exact) mass is 877 g/mol. The second-order valence-electron chi connectivity index (χ2n) is 17.0. The van der Waals surface area contributed by atoms with Gasteiger partial charge in [-0.15, -0.1) is 0 Å². The molecule has 0 saturated carbocycles. The maximum atomic E-state index is 12.8. The van der Waals surface area contributed by atoms with Gasteiger partial charge in [0.05, 0.1) is 0 Å². The minimum Gasteiger partial charge on any atom is -0.462 e. The predicted molar refractivity (Wildman–Crippen MR) is 270 cm³/mol. The van der Waals surface area contributed by atoms with Gasteiger partial charge in [-0.1, -0.05) is 189 Å². The van der Waals surface area contributed by atoms with Crippen molar-refractivity contribution in [2.45, 2.75) is 245 Å². The molecule has 0 fully saturated rings. The molecular weight excluding hydrogens is 781 g/mol. The van der Waals surface area contributed by atoms with E-state index in [4.69, 9.17) is 14.2 Å². The first kappa shape index (κ1) is 59.6. The third kappa shape index (κ3) is 49.5. The molecule has 6 heteroatoms. The first-order valence-electron chi connectivity index (χ1n) is 26.1. The van der Waals surface area contributed by atoms with Crippen LogP contribution in [0.25, 0.3) is 0 Å². The molecule has 0 amide bonds. The molecule has 360 valence electrons. The summed E-state index contributed by atoms with van der Waals surface area (Å²) in [6.07, 6.45) is 65.6. The summed E-state index contributed by atoms with van der Waals surface area (Å²) >= 11 is 0. The normalized spacial score (nSPS) is 12.7. The highest BCUT2D eigenvalue weighted by Crippen LogP contribution is 2.13. The van der Waals surface area contributed by atoms with Crippen molar-refractivity contribution in [3.8, 4) is 0 Å². The molecule has 0 heterocycles. The zero-order valence-corrected chi connectivity index (χ0v) is 41.1. The molecule has 0 N–H and O–H groups in total. The Morgan fingerprint density at radius 2 is 0.619 bits per heavy atom. The molecular formula is C57H96O6. The van der Waals surface area contributed by atoms with Crippen molar-refractivity contribution in [1.29, 1.82) is 0 Å². The Balaban J connectivity index is 4.47. The summed E-state index contributed by atoms with van der Waals surface area (Å²) in [5.74, 6) is -0.940. The molecule has 0 bridgehead atoms. The van der Waals surface area contributed by atoms with Crippen LogP contribution < -0.4 is 0 Å². The smallest absolute Gasteiger partial charge is 0.306 e. The lowest BCUT2D eigenvalue weighted by molar-refractivity contribution is -0.167. The van der Waals surface area contributed by atoms with Gasteiger partial charge in [0.1, 0.15) is 13.2 Å². The minimum absolute atomic E-state index is 0.0959. The molecule has 63 heavy (non-hydrogen) atoms. The Bertz CT molecular complexity index is 1240. The number of unbranched alkanes of at least 4 members (excludes halogenated alkanes) is 21. The van der Waals surface area contributed by atoms with Gasteiger partial charge >= 0.3 is 17.9 Å². The fraction of sp³-hybridized carbons (Fsp3) is 0.702. The molecule has 0 aromatic carbocycles. The maximum Gasteiger partial charge on any atom is 0.306 e. The average Bonchev–Trinajstić information content (AvgIpc) is 3.28. The van der Waals surface area contributed by atoms with Gasteiger partial charge < -0.3 is 14.2 Å². The fourth-order valence-corrected chi connectivity index (χ4v) is 6.93. The number of hydrogen-bond acceptors (Lipinski definition) is 6. The van der Waals surface area contributed by atoms with E-state index in [-0.39, 0.29) is 31.1 Å². The number of allylic oxidation sites excluding steroid dienone is 14. The number of carbonyl (C=O) groups excluding carboxylic acids is 3. The van der Waals surface area contributed by atoms with Gasteiger partial charge in [-0.3, -0.25) is 14.4 Å². The summed E-state index contributed by atoms with van der Waals surface area (Å²) < 4.78 is 16.8. The topological polar surface area (TPSA) is 78.9 Å². The van der Waals surface area contributed by atoms with E-state index < -0.39 is 6.10 Å². The van der Waals surface area contributed by atoms with Crippen molar-refractivity contribution in [3.05, 3.63) is 85.1 Å². The molecule has 0 saturated heterocycles. The van der Waals surface area contributed by atoms with E-state index in [1.165, 1.54) is 51.4 Å². The van der Waals surface area contributed by atoms with Crippen molar-refractivity contribution in [1.82, 2.24) is 0 Å². The van der Waals surface area contributed by atoms with Crippen LogP contribution in [0.4, 0.5) is 0 Å². The zero-order chi connectivity index (χ0) is 45.8. The molecule has 0 aromatic rings. The van der Waals surface area contributed by atoms with Crippen molar-refractivity contribution in [2.24, 2.45) is 0 Å². The summed E-state index contributed by atoms with van der Waals surface area (Å²) in [5.41, 5.74) is 0. The summed E-state index contributed by atoms with van der Waals surface area (Å²) in [7, 11) is 0. The summed E-state index contributed by atoms with van der Waals surface area (Å²) in [5, 5.41) is 0. The van der Waals surface area contributed by atoms with Crippen LogP contribution in [0.1, 0.15) is 239 Å². The van der Waals surface area contributed by atoms with Crippen LogP contribution in [0.2, 0.25) is 0 Å². The van der Waals surface area contributed by atoms with E-state index in [0.29, 0.717) is 19.3 Å². The van der Waals surface area contributed by atoms with E-state index in [0.717, 1.165) is 148 Å². The van der Waals surface area contributed by atoms with Crippen molar-refractivity contribution < 1.29 is 28.6 Å². The lowest BCUT2D eigenvalue weighted by Gasteiger charge is -2.18. The van der Waals surface area contributed by atoms with Gasteiger partial charge in [0, 0.05) is 19.3 Å². The van der Waals surface area contributed by atoms with E-state index in [2.05, 4.69) is 106 Å². The predicted octanol–water partition coefficient (Wildman–Crippen LogP) is 17.2. The summed E-state index contributed by atoms with van der Waals surface area (Å²) in [4.78, 5) is 38.0. The van der Waals surface area contributed by atoms with Crippen LogP contribution in [0.15, 0.2) is 85.1 Å². The van der Waals surface area contributed by atoms with Crippen LogP contribution in [-0.2, 0) is 28.6 Å². The standard InChI is InChI=1S/C57H96O6/c1-4-7-10-13-16-19-22-25-28-31-34-37-40-43-46-49-55(58)61-52-54(63-57(60)51-48-45-42-39-36-33-30-27-24-21-18-15-12-9-6-3)53-62-56(59)50-47-44-41-38-35-32-29-26-23-20-17-14-11-8-5-2/h7,10,16-21,25-30,54H,4-6,8-9,11-15,22-24,31-53H2,1-3H3/b10-7-,19-16-,20-17-,21-18-,28-25-,29-26-,30-27-/t54-/m0/s1. The van der Waals surface area contributed by atoms with Gasteiger partial charge in [0.25, 0.3) is 0 Å². The lowest BCUT2D eigenvalue weighted by Crippen LogP contribution is -2.30. The van der Waals surface area contributed by atoms with Gasteiger partial charge in [-0.2, -0.15) is 0 Å². The van der Waals surface area contributed by atoms with Crippen LogP contribution >= 0.6 is 0 Å². The number of hydrogen-bond donors (Lipinski definition) is 0. The second-order valence-corrected chi connectivity index (χ2v) is 17.0. The maximum absolute atomic E-state index is 12.8. The Morgan fingerprint density at radius 1 is 0.333 bits per heavy atom. The first-order valence-corrected chi connectivity index (χ1v) is 26.1. The third-order valence-corrected chi connectivity index (χ3v) is 10.9. The average molecular weight is 877 g/mol. The molecule has 0 aliphatic rings. The third-order valence-electron chi connectivity index (χ3n) is 10.9. The molecule has 0 radical (unpaired) electrons. The SMILES string of the molecule is CC/C=C\C/C=C\C/C=C\CCCCCCCC(=O)OC[C@@H](COC(=O)CCCCCCC/C=C\C/C=C\CCCCC)OC(=O)CCCCCCC/C=C\C/C=C\CCCCC. The molecule has 0 aromatic heterocycles. The number of ether oxygens (including phenoxy) is 3. The van der Waals surface area contributed by atoms with Crippen molar-refractivity contribution in [2.75, 3.05) is 13.2 Å². The zero-order valence-electron chi connectivity index (χ0n) is 41.1. The molecule has 0 spiro atoms. The summed E-state index contributed by atoms with van der Waals surface area (Å²) in [6, 6.07) is 0. The molecule has 0 aliphatic heterocycles. The van der Waals surface area contributed by atoms with E-state index in [9.17, 15) is 14.4 Å². The van der Waals surface area contributed by atoms with Crippen LogP contribution in [0.5, 0.6) is 0 Å². The number of rotatable bonds is 46. The number of esters is 3.